The lowest BCUT2D eigenvalue weighted by Crippen LogP contribution is -2.62. The molecule has 1 saturated carbocycles. The summed E-state index contributed by atoms with van der Waals surface area (Å²) in [6, 6.07) is 1.23. The highest BCUT2D eigenvalue weighted by atomic mass is 32.2. The molecular weight excluding hydrogens is 447 g/mol. The Kier molecular flexibility index (Phi) is 7.32. The first-order valence-corrected chi connectivity index (χ1v) is 10.5. The number of rotatable bonds is 7. The number of primary amides is 1. The topological polar surface area (TPSA) is 179 Å². The molecule has 0 saturated heterocycles. The first-order chi connectivity index (χ1) is 14.2. The number of benzene rings is 1. The van der Waals surface area contributed by atoms with Crippen molar-refractivity contribution in [1.29, 1.82) is 0 Å². The lowest BCUT2D eigenvalue weighted by atomic mass is 9.78. The molecule has 7 N–H and O–H groups in total. The van der Waals surface area contributed by atoms with Crippen molar-refractivity contribution in [3.63, 3.8) is 0 Å². The Morgan fingerprint density at radius 1 is 1.23 bits per heavy atom. The van der Waals surface area contributed by atoms with Gasteiger partial charge in [-0.15, -0.1) is 0 Å². The number of nitrogens with one attached hydrogen (secondary N) is 2. The lowest BCUT2D eigenvalue weighted by Gasteiger charge is -2.41. The molecule has 4 atom stereocenters. The predicted octanol–water partition coefficient (Wildman–Crippen LogP) is -1.41. The maximum absolute atomic E-state index is 12.9. The second-order valence-electron chi connectivity index (χ2n) is 7.22. The van der Waals surface area contributed by atoms with Crippen molar-refractivity contribution in [3.8, 4) is 0 Å². The number of sulfonamides is 1. The Balaban J connectivity index is 2.22. The molecule has 0 aromatic heterocycles. The second kappa shape index (κ2) is 9.08. The van der Waals surface area contributed by atoms with Crippen molar-refractivity contribution in [2.75, 3.05) is 6.54 Å². The summed E-state index contributed by atoms with van der Waals surface area (Å²) in [7, 11) is -4.63. The summed E-state index contributed by atoms with van der Waals surface area (Å²) in [6.07, 6.45) is -9.84. The highest BCUT2D eigenvalue weighted by Crippen LogP contribution is 2.32. The van der Waals surface area contributed by atoms with Gasteiger partial charge in [-0.3, -0.25) is 9.59 Å². The Bertz CT molecular complexity index is 941. The van der Waals surface area contributed by atoms with Crippen molar-refractivity contribution in [1.82, 2.24) is 10.0 Å². The summed E-state index contributed by atoms with van der Waals surface area (Å²) >= 11 is 0. The number of hydrogen-bond donors (Lipinski definition) is 6. The van der Waals surface area contributed by atoms with Crippen LogP contribution in [0, 0.1) is 0 Å². The summed E-state index contributed by atoms with van der Waals surface area (Å²) in [5.74, 6) is -1.76. The summed E-state index contributed by atoms with van der Waals surface area (Å²) in [5.41, 5.74) is 1.40. The van der Waals surface area contributed by atoms with Gasteiger partial charge >= 0.3 is 6.18 Å². The lowest BCUT2D eigenvalue weighted by molar-refractivity contribution is -0.157. The van der Waals surface area contributed by atoms with E-state index in [1.54, 1.807) is 0 Å². The maximum Gasteiger partial charge on any atom is 0.416 e. The fraction of sp³-hybridized carbons (Fsp3) is 0.529. The highest BCUT2D eigenvalue weighted by Gasteiger charge is 2.49. The third kappa shape index (κ3) is 6.13. The molecule has 1 fully saturated rings. The molecule has 10 nitrogen and oxygen atoms in total. The fourth-order valence-electron chi connectivity index (χ4n) is 3.17. The van der Waals surface area contributed by atoms with Gasteiger partial charge in [-0.05, 0) is 18.2 Å². The average molecular weight is 469 g/mol. The third-order valence-electron chi connectivity index (χ3n) is 4.77. The van der Waals surface area contributed by atoms with E-state index < -0.39 is 75.2 Å². The molecule has 0 heterocycles. The van der Waals surface area contributed by atoms with Gasteiger partial charge in [-0.1, -0.05) is 6.07 Å². The minimum absolute atomic E-state index is 0.226. The smallest absolute Gasteiger partial charge is 0.390 e. The van der Waals surface area contributed by atoms with Gasteiger partial charge in [-0.25, -0.2) is 13.1 Å². The van der Waals surface area contributed by atoms with Crippen LogP contribution >= 0.6 is 0 Å². The van der Waals surface area contributed by atoms with E-state index in [2.05, 4.69) is 5.32 Å². The Labute approximate surface area is 175 Å². The van der Waals surface area contributed by atoms with Crippen LogP contribution in [0.5, 0.6) is 0 Å². The fourth-order valence-corrected chi connectivity index (χ4v) is 4.47. The molecule has 0 radical (unpaired) electrons. The molecule has 31 heavy (non-hydrogen) atoms. The number of carbonyl (C=O) groups is 2. The normalized spacial score (nSPS) is 27.0. The molecule has 1 aromatic rings. The molecule has 2 rings (SSSR count). The van der Waals surface area contributed by atoms with Crippen LogP contribution in [0.2, 0.25) is 0 Å². The summed E-state index contributed by atoms with van der Waals surface area (Å²) < 4.78 is 65.7. The van der Waals surface area contributed by atoms with Crippen LogP contribution in [0.4, 0.5) is 13.2 Å². The van der Waals surface area contributed by atoms with Gasteiger partial charge in [-0.2, -0.15) is 13.2 Å². The highest BCUT2D eigenvalue weighted by molar-refractivity contribution is 7.89. The van der Waals surface area contributed by atoms with Crippen LogP contribution in [0.3, 0.4) is 0 Å². The molecule has 1 aliphatic carbocycles. The van der Waals surface area contributed by atoms with Gasteiger partial charge in [0.05, 0.1) is 28.7 Å². The van der Waals surface area contributed by atoms with Crippen LogP contribution < -0.4 is 15.8 Å². The largest absolute Gasteiger partial charge is 0.416 e. The van der Waals surface area contributed by atoms with Crippen LogP contribution in [-0.4, -0.2) is 65.9 Å². The van der Waals surface area contributed by atoms with Crippen molar-refractivity contribution < 1.29 is 46.5 Å². The molecule has 174 valence electrons. The van der Waals surface area contributed by atoms with Crippen LogP contribution in [0.1, 0.15) is 24.8 Å². The number of halogens is 3. The number of aliphatic hydroxyl groups is 3. The van der Waals surface area contributed by atoms with E-state index in [1.165, 1.54) is 0 Å². The molecule has 1 aromatic carbocycles. The molecule has 0 bridgehead atoms. The number of alkyl halides is 3. The van der Waals surface area contributed by atoms with E-state index in [1.807, 2.05) is 4.72 Å². The molecule has 4 unspecified atom stereocenters. The first kappa shape index (κ1) is 25.0. The molecule has 0 spiro atoms. The van der Waals surface area contributed by atoms with Gasteiger partial charge < -0.3 is 26.4 Å². The number of hydrogen-bond acceptors (Lipinski definition) is 7. The third-order valence-corrected chi connectivity index (χ3v) is 6.26. The summed E-state index contributed by atoms with van der Waals surface area (Å²) in [4.78, 5) is 22.3. The Hall–Kier alpha value is -2.26. The van der Waals surface area contributed by atoms with E-state index in [-0.39, 0.29) is 13.0 Å². The van der Waals surface area contributed by atoms with Crippen LogP contribution in [-0.2, 0) is 25.8 Å². The SMILES string of the molecule is NC(=O)CCNC(=O)C1(O)CC(O)C(O)C(NS(=O)(=O)c2cccc(C(F)(F)F)c2)C1. The summed E-state index contributed by atoms with van der Waals surface area (Å²) in [5, 5.41) is 33.0. The molecule has 1 aliphatic rings. The van der Waals surface area contributed by atoms with E-state index in [0.29, 0.717) is 12.1 Å². The quantitative estimate of drug-likeness (QED) is 0.284. The maximum atomic E-state index is 12.9. The zero-order valence-electron chi connectivity index (χ0n) is 16.0. The molecular formula is C17H22F3N3O7S. The van der Waals surface area contributed by atoms with E-state index >= 15 is 0 Å². The number of nitrogens with two attached hydrogens (primary N) is 1. The van der Waals surface area contributed by atoms with Gasteiger partial charge in [0.2, 0.25) is 15.9 Å². The molecule has 0 aliphatic heterocycles. The summed E-state index contributed by atoms with van der Waals surface area (Å²) in [6.45, 7) is -0.226. The van der Waals surface area contributed by atoms with Gasteiger partial charge in [0.25, 0.3) is 5.91 Å². The average Bonchev–Trinajstić information content (AvgIpc) is 2.64. The van der Waals surface area contributed by atoms with E-state index in [4.69, 9.17) is 5.73 Å². The van der Waals surface area contributed by atoms with Crippen molar-refractivity contribution >= 4 is 21.8 Å². The van der Waals surface area contributed by atoms with Crippen molar-refractivity contribution in [2.45, 2.75) is 54.2 Å². The van der Waals surface area contributed by atoms with Crippen molar-refractivity contribution in [2.24, 2.45) is 5.73 Å². The van der Waals surface area contributed by atoms with Crippen LogP contribution in [0.15, 0.2) is 29.2 Å². The minimum Gasteiger partial charge on any atom is -0.390 e. The number of carbonyl (C=O) groups excluding carboxylic acids is 2. The standard InChI is InChI=1S/C17H22F3N3O7S/c18-17(19,20)9-2-1-3-10(6-9)31(29,30)23-11-7-16(28,8-12(24)14(11)26)15(27)22-5-4-13(21)25/h1-3,6,11-12,14,23-24,26,28H,4-5,7-8H2,(H2,21,25)(H,22,27). The van der Waals surface area contributed by atoms with Crippen molar-refractivity contribution in [3.05, 3.63) is 29.8 Å². The van der Waals surface area contributed by atoms with E-state index in [0.717, 1.165) is 12.1 Å². The second-order valence-corrected chi connectivity index (χ2v) is 8.94. The number of aliphatic hydroxyl groups excluding tert-OH is 2. The van der Waals surface area contributed by atoms with Gasteiger partial charge in [0, 0.05) is 25.8 Å². The van der Waals surface area contributed by atoms with Gasteiger partial charge in [0.15, 0.2) is 0 Å². The first-order valence-electron chi connectivity index (χ1n) is 9.00. The van der Waals surface area contributed by atoms with Crippen LogP contribution in [0.25, 0.3) is 0 Å². The predicted molar refractivity (Wildman–Crippen MR) is 98.6 cm³/mol. The minimum atomic E-state index is -4.80. The molecule has 14 heteroatoms. The Morgan fingerprint density at radius 3 is 2.45 bits per heavy atom. The number of amides is 2. The molecule has 2 amide bonds. The zero-order valence-corrected chi connectivity index (χ0v) is 16.8. The van der Waals surface area contributed by atoms with Gasteiger partial charge in [0.1, 0.15) is 5.60 Å². The Morgan fingerprint density at radius 2 is 1.87 bits per heavy atom. The van der Waals surface area contributed by atoms with E-state index in [9.17, 15) is 46.5 Å². The monoisotopic (exact) mass is 469 g/mol. The zero-order chi connectivity index (χ0) is 23.6.